The van der Waals surface area contributed by atoms with Crippen molar-refractivity contribution in [1.82, 2.24) is 14.8 Å². The Morgan fingerprint density at radius 1 is 1.26 bits per heavy atom. The predicted octanol–water partition coefficient (Wildman–Crippen LogP) is 4.03. The number of hydrogen-bond acceptors (Lipinski definition) is 7. The molecule has 1 aliphatic carbocycles. The molecule has 1 aliphatic rings. The van der Waals surface area contributed by atoms with Crippen molar-refractivity contribution in [1.29, 1.82) is 0 Å². The van der Waals surface area contributed by atoms with E-state index in [1.54, 1.807) is 23.2 Å². The van der Waals surface area contributed by atoms with Crippen LogP contribution in [-0.4, -0.2) is 35.8 Å². The first kappa shape index (κ1) is 21.5. The van der Waals surface area contributed by atoms with E-state index >= 15 is 0 Å². The van der Waals surface area contributed by atoms with Gasteiger partial charge in [-0.1, -0.05) is 43.2 Å². The molecule has 0 aliphatic heterocycles. The third kappa shape index (κ3) is 4.96. The summed E-state index contributed by atoms with van der Waals surface area (Å²) in [6, 6.07) is 9.50. The van der Waals surface area contributed by atoms with Crippen molar-refractivity contribution >= 4 is 32.5 Å². The molecule has 0 radical (unpaired) electrons. The van der Waals surface area contributed by atoms with Gasteiger partial charge in [0.1, 0.15) is 10.6 Å². The van der Waals surface area contributed by atoms with Gasteiger partial charge < -0.3 is 4.74 Å². The van der Waals surface area contributed by atoms with Crippen molar-refractivity contribution in [3.63, 3.8) is 0 Å². The van der Waals surface area contributed by atoms with Gasteiger partial charge in [-0.25, -0.2) is 13.4 Å². The summed E-state index contributed by atoms with van der Waals surface area (Å²) in [6.07, 6.45) is 5.84. The Labute approximate surface area is 185 Å². The third-order valence-electron chi connectivity index (χ3n) is 5.14. The van der Waals surface area contributed by atoms with E-state index in [4.69, 9.17) is 4.74 Å². The molecule has 1 saturated carbocycles. The minimum atomic E-state index is -3.93. The van der Waals surface area contributed by atoms with Crippen molar-refractivity contribution < 1.29 is 17.9 Å². The summed E-state index contributed by atoms with van der Waals surface area (Å²) < 4.78 is 35.8. The summed E-state index contributed by atoms with van der Waals surface area (Å²) in [4.78, 5) is 16.0. The van der Waals surface area contributed by atoms with Crippen molar-refractivity contribution in [3.05, 3.63) is 47.6 Å². The zero-order valence-electron chi connectivity index (χ0n) is 17.2. The maximum atomic E-state index is 13.3. The van der Waals surface area contributed by atoms with E-state index in [0.717, 1.165) is 42.6 Å². The van der Waals surface area contributed by atoms with Crippen LogP contribution in [0.5, 0.6) is 0 Å². The number of esters is 1. The molecule has 1 N–H and O–H groups in total. The fourth-order valence-corrected chi connectivity index (χ4v) is 5.81. The molecular formula is C21H24N4O4S2. The predicted molar refractivity (Wildman–Crippen MR) is 118 cm³/mol. The van der Waals surface area contributed by atoms with E-state index < -0.39 is 16.0 Å². The number of sulfonamides is 1. The third-order valence-corrected chi connectivity index (χ3v) is 7.41. The molecule has 1 fully saturated rings. The quantitative estimate of drug-likeness (QED) is 0.509. The van der Waals surface area contributed by atoms with Gasteiger partial charge in [-0.15, -0.1) is 11.3 Å². The number of nitrogens with zero attached hydrogens (tertiary/aromatic N) is 3. The highest BCUT2D eigenvalue weighted by Gasteiger charge is 2.28. The van der Waals surface area contributed by atoms with Gasteiger partial charge in [-0.2, -0.15) is 5.10 Å². The van der Waals surface area contributed by atoms with Crippen molar-refractivity contribution in [3.8, 4) is 11.3 Å². The Bertz CT molecular complexity index is 1150. The van der Waals surface area contributed by atoms with Gasteiger partial charge >= 0.3 is 5.97 Å². The number of aromatic nitrogens is 3. The lowest BCUT2D eigenvalue weighted by Gasteiger charge is -2.08. The number of carbonyl (C=O) groups is 1. The van der Waals surface area contributed by atoms with Gasteiger partial charge in [0, 0.05) is 17.1 Å². The van der Waals surface area contributed by atoms with Gasteiger partial charge in [0.15, 0.2) is 5.13 Å². The number of thiazole rings is 1. The molecule has 2 aromatic heterocycles. The molecule has 3 aromatic rings. The SMILES string of the molecule is CCOC(=O)Cc1csc(NS(=O)(=O)c2cn(C3CCCC3)nc2-c2ccccc2)n1. The molecule has 10 heteroatoms. The number of anilines is 1. The van der Waals surface area contributed by atoms with Crippen LogP contribution >= 0.6 is 11.3 Å². The highest BCUT2D eigenvalue weighted by molar-refractivity contribution is 7.93. The minimum Gasteiger partial charge on any atom is -0.466 e. The van der Waals surface area contributed by atoms with Gasteiger partial charge in [0.2, 0.25) is 0 Å². The second kappa shape index (κ2) is 9.19. The standard InChI is InChI=1S/C21H24N4O4S2/c1-2-29-19(26)12-16-14-30-21(22-16)24-31(27,28)18-13-25(17-10-6-7-11-17)23-20(18)15-8-4-3-5-9-15/h3-5,8-9,13-14,17H,2,6-7,10-12H2,1H3,(H,22,24). The van der Waals surface area contributed by atoms with E-state index in [1.165, 1.54) is 0 Å². The minimum absolute atomic E-state index is 0.000938. The first-order valence-electron chi connectivity index (χ1n) is 10.2. The number of benzene rings is 1. The number of nitrogens with one attached hydrogen (secondary N) is 1. The Balaban J connectivity index is 1.63. The van der Waals surface area contributed by atoms with Crippen LogP contribution < -0.4 is 4.72 Å². The molecule has 8 nitrogen and oxygen atoms in total. The lowest BCUT2D eigenvalue weighted by molar-refractivity contribution is -0.142. The topological polar surface area (TPSA) is 103 Å². The summed E-state index contributed by atoms with van der Waals surface area (Å²) in [6.45, 7) is 2.02. The molecule has 4 rings (SSSR count). The molecule has 2 heterocycles. The second-order valence-corrected chi connectivity index (χ2v) is 9.87. The summed E-state index contributed by atoms with van der Waals surface area (Å²) >= 11 is 1.13. The largest absolute Gasteiger partial charge is 0.466 e. The van der Waals surface area contributed by atoms with E-state index in [9.17, 15) is 13.2 Å². The van der Waals surface area contributed by atoms with Crippen LogP contribution in [0, 0.1) is 0 Å². The van der Waals surface area contributed by atoms with Gasteiger partial charge in [-0.05, 0) is 19.8 Å². The van der Waals surface area contributed by atoms with Gasteiger partial charge in [-0.3, -0.25) is 14.2 Å². The average Bonchev–Trinajstić information content (AvgIpc) is 3.49. The zero-order chi connectivity index (χ0) is 21.8. The van der Waals surface area contributed by atoms with Crippen LogP contribution in [0.4, 0.5) is 5.13 Å². The van der Waals surface area contributed by atoms with E-state index in [1.807, 2.05) is 30.3 Å². The molecule has 164 valence electrons. The van der Waals surface area contributed by atoms with Crippen LogP contribution in [0.1, 0.15) is 44.3 Å². The molecule has 0 saturated heterocycles. The van der Waals surface area contributed by atoms with Crippen molar-refractivity contribution in [2.24, 2.45) is 0 Å². The summed E-state index contributed by atoms with van der Waals surface area (Å²) in [7, 11) is -3.93. The lowest BCUT2D eigenvalue weighted by atomic mass is 10.2. The summed E-state index contributed by atoms with van der Waals surface area (Å²) in [5.41, 5.74) is 1.62. The van der Waals surface area contributed by atoms with Crippen LogP contribution in [0.3, 0.4) is 0 Å². The fraction of sp³-hybridized carbons (Fsp3) is 0.381. The number of ether oxygens (including phenoxy) is 1. The maximum absolute atomic E-state index is 13.3. The first-order chi connectivity index (χ1) is 15.0. The summed E-state index contributed by atoms with van der Waals surface area (Å²) in [5, 5.41) is 6.50. The Morgan fingerprint density at radius 3 is 2.71 bits per heavy atom. The van der Waals surface area contributed by atoms with Gasteiger partial charge in [0.05, 0.1) is 24.8 Å². The molecular weight excluding hydrogens is 436 g/mol. The fourth-order valence-electron chi connectivity index (χ4n) is 3.69. The Kier molecular flexibility index (Phi) is 6.38. The van der Waals surface area contributed by atoms with Crippen LogP contribution in [0.15, 0.2) is 46.8 Å². The monoisotopic (exact) mass is 460 g/mol. The van der Waals surface area contributed by atoms with Gasteiger partial charge in [0.25, 0.3) is 10.0 Å². The van der Waals surface area contributed by atoms with Crippen LogP contribution in [0.25, 0.3) is 11.3 Å². The highest BCUT2D eigenvalue weighted by atomic mass is 32.2. The van der Waals surface area contributed by atoms with E-state index in [-0.39, 0.29) is 29.1 Å². The molecule has 1 aromatic carbocycles. The molecule has 0 spiro atoms. The second-order valence-electron chi connectivity index (χ2n) is 7.36. The van der Waals surface area contributed by atoms with Crippen LogP contribution in [0.2, 0.25) is 0 Å². The smallest absolute Gasteiger partial charge is 0.311 e. The van der Waals surface area contributed by atoms with Crippen molar-refractivity contribution in [2.75, 3.05) is 11.3 Å². The normalized spacial score (nSPS) is 14.6. The summed E-state index contributed by atoms with van der Waals surface area (Å²) in [5.74, 6) is -0.397. The maximum Gasteiger partial charge on any atom is 0.311 e. The number of rotatable bonds is 8. The average molecular weight is 461 g/mol. The molecule has 0 unspecified atom stereocenters. The highest BCUT2D eigenvalue weighted by Crippen LogP contribution is 2.34. The number of carbonyl (C=O) groups excluding carboxylic acids is 1. The Hall–Kier alpha value is -2.72. The number of hydrogen-bond donors (Lipinski definition) is 1. The Morgan fingerprint density at radius 2 is 2.00 bits per heavy atom. The lowest BCUT2D eigenvalue weighted by Crippen LogP contribution is -2.14. The molecule has 0 atom stereocenters. The molecule has 31 heavy (non-hydrogen) atoms. The first-order valence-corrected chi connectivity index (χ1v) is 12.6. The van der Waals surface area contributed by atoms with Crippen molar-refractivity contribution in [2.45, 2.75) is 50.0 Å². The molecule has 0 amide bonds. The molecule has 0 bridgehead atoms. The van der Waals surface area contributed by atoms with E-state index in [0.29, 0.717) is 11.4 Å². The zero-order valence-corrected chi connectivity index (χ0v) is 18.8. The van der Waals surface area contributed by atoms with Crippen LogP contribution in [-0.2, 0) is 26.0 Å². The van der Waals surface area contributed by atoms with E-state index in [2.05, 4.69) is 14.8 Å².